The zero-order chi connectivity index (χ0) is 29.2. The minimum absolute atomic E-state index is 0.130. The van der Waals surface area contributed by atoms with Crippen molar-refractivity contribution in [1.82, 2.24) is 10.9 Å². The molecule has 0 amide bonds. The molecule has 0 atom stereocenters. The van der Waals surface area contributed by atoms with Gasteiger partial charge in [-0.15, -0.1) is 0 Å². The Kier molecular flexibility index (Phi) is 6.39. The fraction of sp³-hybridized carbons (Fsp3) is 0.290. The van der Waals surface area contributed by atoms with Gasteiger partial charge in [0.1, 0.15) is 17.2 Å². The summed E-state index contributed by atoms with van der Waals surface area (Å²) in [6.45, 7) is 7.05. The molecular weight excluding hydrogens is 524 g/mol. The summed E-state index contributed by atoms with van der Waals surface area (Å²) >= 11 is 0. The van der Waals surface area contributed by atoms with E-state index in [-0.39, 0.29) is 22.3 Å². The lowest BCUT2D eigenvalue weighted by molar-refractivity contribution is 0.373. The summed E-state index contributed by atoms with van der Waals surface area (Å²) in [5, 5.41) is 15.9. The molecule has 10 nitrogen and oxygen atoms in total. The molecule has 6 rings (SSSR count). The van der Waals surface area contributed by atoms with Gasteiger partial charge in [-0.2, -0.15) is 0 Å². The van der Waals surface area contributed by atoms with Gasteiger partial charge in [0.15, 0.2) is 16.9 Å². The Morgan fingerprint density at radius 3 is 2.05 bits per heavy atom. The number of methoxy groups -OCH3 is 3. The Morgan fingerprint density at radius 1 is 0.780 bits per heavy atom. The summed E-state index contributed by atoms with van der Waals surface area (Å²) in [7, 11) is 4.55. The lowest BCUT2D eigenvalue weighted by Gasteiger charge is -2.24. The van der Waals surface area contributed by atoms with Crippen molar-refractivity contribution in [1.29, 1.82) is 0 Å². The number of nitrogens with one attached hydrogen (secondary N) is 4. The van der Waals surface area contributed by atoms with Crippen LogP contribution in [0, 0.1) is 0 Å². The Bertz CT molecular complexity index is 2020. The van der Waals surface area contributed by atoms with Crippen LogP contribution in [0.4, 0.5) is 11.4 Å². The molecule has 0 radical (unpaired) electrons. The average Bonchev–Trinajstić information content (AvgIpc) is 3.11. The maximum atomic E-state index is 14.4. The van der Waals surface area contributed by atoms with E-state index in [0.29, 0.717) is 74.9 Å². The number of allylic oxidation sites excluding steroid dienone is 1. The van der Waals surface area contributed by atoms with Gasteiger partial charge >= 0.3 is 0 Å². The minimum Gasteiger partial charge on any atom is -0.504 e. The van der Waals surface area contributed by atoms with E-state index in [1.165, 1.54) is 20.3 Å². The second-order valence-corrected chi connectivity index (χ2v) is 10.2. The molecule has 0 spiro atoms. The van der Waals surface area contributed by atoms with E-state index in [2.05, 4.69) is 21.7 Å². The predicted molar refractivity (Wildman–Crippen MR) is 165 cm³/mol. The first-order chi connectivity index (χ1) is 19.8. The highest BCUT2D eigenvalue weighted by molar-refractivity contribution is 6.40. The second-order valence-electron chi connectivity index (χ2n) is 10.2. The van der Waals surface area contributed by atoms with Crippen molar-refractivity contribution in [2.45, 2.75) is 27.2 Å². The zero-order valence-corrected chi connectivity index (χ0v) is 23.8. The van der Waals surface area contributed by atoms with E-state index < -0.39 is 5.43 Å². The molecule has 1 aliphatic rings. The quantitative estimate of drug-likeness (QED) is 0.101. The lowest BCUT2D eigenvalue weighted by atomic mass is 9.83. The molecule has 0 aromatic heterocycles. The van der Waals surface area contributed by atoms with Crippen molar-refractivity contribution in [2.24, 2.45) is 0 Å². The molecule has 0 saturated carbocycles. The maximum Gasteiger partial charge on any atom is 0.213 e. The highest BCUT2D eigenvalue weighted by Gasteiger charge is 2.32. The molecule has 0 heterocycles. The summed E-state index contributed by atoms with van der Waals surface area (Å²) in [6, 6.07) is 3.14. The van der Waals surface area contributed by atoms with Gasteiger partial charge in [-0.3, -0.25) is 9.59 Å². The van der Waals surface area contributed by atoms with Crippen LogP contribution in [0.5, 0.6) is 23.0 Å². The molecule has 0 bridgehead atoms. The summed E-state index contributed by atoms with van der Waals surface area (Å²) in [6.07, 6.45) is 2.42. The molecule has 0 fully saturated rings. The van der Waals surface area contributed by atoms with E-state index in [0.717, 1.165) is 21.9 Å². The van der Waals surface area contributed by atoms with Gasteiger partial charge in [-0.05, 0) is 18.7 Å². The summed E-state index contributed by atoms with van der Waals surface area (Å²) < 4.78 is 17.5. The molecule has 0 aliphatic heterocycles. The Morgan fingerprint density at radius 2 is 1.41 bits per heavy atom. The van der Waals surface area contributed by atoms with Gasteiger partial charge in [0, 0.05) is 63.3 Å². The number of phenolic OH excluding ortho intramolecular Hbond substituents is 1. The molecule has 0 saturated heterocycles. The number of anilines is 2. The molecule has 10 heteroatoms. The van der Waals surface area contributed by atoms with Crippen molar-refractivity contribution in [3.8, 4) is 23.0 Å². The lowest BCUT2D eigenvalue weighted by Crippen LogP contribution is -2.27. The van der Waals surface area contributed by atoms with E-state index >= 15 is 0 Å². The molecular formula is C31H32N4O6. The monoisotopic (exact) mass is 556 g/mol. The third-order valence-corrected chi connectivity index (χ3v) is 7.85. The first-order valence-corrected chi connectivity index (χ1v) is 13.5. The van der Waals surface area contributed by atoms with Gasteiger partial charge in [0.2, 0.25) is 5.43 Å². The normalized spacial score (nSPS) is 12.9. The molecule has 5 aromatic rings. The van der Waals surface area contributed by atoms with Crippen LogP contribution in [-0.4, -0.2) is 39.5 Å². The van der Waals surface area contributed by atoms with Crippen molar-refractivity contribution in [2.75, 3.05) is 45.3 Å². The number of hydrogen-bond acceptors (Lipinski definition) is 10. The van der Waals surface area contributed by atoms with Gasteiger partial charge in [-0.25, -0.2) is 10.9 Å². The third-order valence-electron chi connectivity index (χ3n) is 7.85. The highest BCUT2D eigenvalue weighted by Crippen LogP contribution is 2.55. The fourth-order valence-electron chi connectivity index (χ4n) is 6.34. The Labute approximate surface area is 235 Å². The average molecular weight is 557 g/mol. The van der Waals surface area contributed by atoms with E-state index in [1.54, 1.807) is 13.2 Å². The van der Waals surface area contributed by atoms with Crippen molar-refractivity contribution in [3.05, 3.63) is 49.3 Å². The van der Waals surface area contributed by atoms with Crippen molar-refractivity contribution < 1.29 is 19.3 Å². The van der Waals surface area contributed by atoms with Gasteiger partial charge < -0.3 is 30.2 Å². The van der Waals surface area contributed by atoms with E-state index in [9.17, 15) is 14.7 Å². The summed E-state index contributed by atoms with van der Waals surface area (Å²) in [5.41, 5.74) is 15.2. The molecule has 212 valence electrons. The number of fused-ring (bicyclic) bond motifs is 1. The molecule has 0 unspecified atom stereocenters. The van der Waals surface area contributed by atoms with Crippen LogP contribution >= 0.6 is 0 Å². The third kappa shape index (κ3) is 3.57. The summed E-state index contributed by atoms with van der Waals surface area (Å²) in [5.74, 6) is 0.823. The van der Waals surface area contributed by atoms with E-state index in [4.69, 9.17) is 14.2 Å². The highest BCUT2D eigenvalue weighted by atomic mass is 16.5. The first kappa shape index (κ1) is 26.7. The second kappa shape index (κ2) is 9.83. The van der Waals surface area contributed by atoms with Gasteiger partial charge in [-0.1, -0.05) is 25.5 Å². The van der Waals surface area contributed by atoms with Crippen molar-refractivity contribution in [3.63, 3.8) is 0 Å². The van der Waals surface area contributed by atoms with E-state index in [1.807, 2.05) is 26.8 Å². The fourth-order valence-corrected chi connectivity index (χ4v) is 6.34. The van der Waals surface area contributed by atoms with Gasteiger partial charge in [0.25, 0.3) is 0 Å². The number of phenols is 1. The standard InChI is InChI=1S/C31H32N4O6/c1-7-32-34-16-11-18(39-4)24-25-19(40-5)12-17(36)23-27(25)21-15(31(41-6)30(23)38)10-13(3)9-14-20(21)26(24)22(16)29(37)28(14)35-33-8-2/h9,11-12,32-35,38H,7-8,10H2,1-6H3. The Balaban J connectivity index is 2.08. The van der Waals surface area contributed by atoms with Crippen molar-refractivity contribution >= 4 is 60.5 Å². The van der Waals surface area contributed by atoms with Crippen LogP contribution in [0.15, 0.2) is 27.3 Å². The minimum atomic E-state index is -0.398. The topological polar surface area (TPSA) is 130 Å². The maximum absolute atomic E-state index is 14.4. The van der Waals surface area contributed by atoms with Crippen LogP contribution in [0.1, 0.15) is 31.9 Å². The van der Waals surface area contributed by atoms with Gasteiger partial charge in [0.05, 0.1) is 37.8 Å². The number of hydrazine groups is 2. The zero-order valence-electron chi connectivity index (χ0n) is 23.8. The number of aromatic hydroxyl groups is 1. The smallest absolute Gasteiger partial charge is 0.213 e. The molecule has 5 N–H and O–H groups in total. The number of rotatable bonds is 9. The number of benzene rings is 5. The summed E-state index contributed by atoms with van der Waals surface area (Å²) in [4.78, 5) is 28.0. The molecule has 1 aliphatic carbocycles. The Hall–Kier alpha value is -4.54. The number of ether oxygens (including phenoxy) is 3. The van der Waals surface area contributed by atoms with Crippen LogP contribution in [0.25, 0.3) is 49.2 Å². The van der Waals surface area contributed by atoms with Crippen LogP contribution in [0.3, 0.4) is 0 Å². The first-order valence-electron chi connectivity index (χ1n) is 13.5. The van der Waals surface area contributed by atoms with Crippen LogP contribution in [-0.2, 0) is 6.42 Å². The number of hydrogen-bond donors (Lipinski definition) is 5. The predicted octanol–water partition coefficient (Wildman–Crippen LogP) is 4.46. The largest absolute Gasteiger partial charge is 0.504 e. The molecule has 5 aromatic carbocycles. The van der Waals surface area contributed by atoms with Crippen LogP contribution in [0.2, 0.25) is 0 Å². The molecule has 41 heavy (non-hydrogen) atoms. The SMILES string of the molecule is CCNNc1c2c3c4c(c(OC)c(O)c5c(=O)cc(OC)c(c6c(OC)cc(NNCC)c(c1=O)c63)c54)CC(C)=C2. The van der Waals surface area contributed by atoms with Crippen LogP contribution < -0.4 is 46.8 Å².